The molecule has 0 aliphatic carbocycles. The highest BCUT2D eigenvalue weighted by Crippen LogP contribution is 2.39. The van der Waals surface area contributed by atoms with Crippen LogP contribution in [0.5, 0.6) is 5.75 Å². The first kappa shape index (κ1) is 16.8. The van der Waals surface area contributed by atoms with Crippen molar-refractivity contribution in [3.05, 3.63) is 65.3 Å². The minimum Gasteiger partial charge on any atom is -0.508 e. The van der Waals surface area contributed by atoms with Crippen LogP contribution in [-0.4, -0.2) is 26.3 Å². The molecular formula is C20H16FN3O3. The SMILES string of the molecule is Cc1noc(C)c1-c1c(/C=N/O)c2cccc(F)c2n1-c1ccc(O)cc1. The number of aromatic hydroxyl groups is 1. The zero-order valence-corrected chi connectivity index (χ0v) is 14.6. The Hall–Kier alpha value is -3.61. The number of halogens is 1. The molecule has 27 heavy (non-hydrogen) atoms. The number of phenolic OH excluding ortho intramolecular Hbond substituents is 1. The monoisotopic (exact) mass is 365 g/mol. The molecule has 136 valence electrons. The maximum absolute atomic E-state index is 14.9. The molecule has 6 nitrogen and oxygen atoms in total. The minimum absolute atomic E-state index is 0.103. The molecule has 2 aromatic carbocycles. The molecule has 0 atom stereocenters. The summed E-state index contributed by atoms with van der Waals surface area (Å²) in [6.45, 7) is 3.56. The van der Waals surface area contributed by atoms with Gasteiger partial charge < -0.3 is 19.4 Å². The molecule has 2 heterocycles. The highest BCUT2D eigenvalue weighted by molar-refractivity contribution is 6.07. The van der Waals surface area contributed by atoms with E-state index in [1.54, 1.807) is 42.7 Å². The molecular weight excluding hydrogens is 349 g/mol. The average Bonchev–Trinajstić information content (AvgIpc) is 3.14. The molecule has 0 bridgehead atoms. The summed E-state index contributed by atoms with van der Waals surface area (Å²) < 4.78 is 21.9. The van der Waals surface area contributed by atoms with Crippen LogP contribution in [0.3, 0.4) is 0 Å². The third-order valence-electron chi connectivity index (χ3n) is 4.54. The molecule has 2 N–H and O–H groups in total. The average molecular weight is 365 g/mol. The lowest BCUT2D eigenvalue weighted by Crippen LogP contribution is -2.00. The summed E-state index contributed by atoms with van der Waals surface area (Å²) in [5.41, 5.74) is 3.41. The summed E-state index contributed by atoms with van der Waals surface area (Å²) in [6.07, 6.45) is 1.28. The maximum atomic E-state index is 14.9. The van der Waals surface area contributed by atoms with Crippen LogP contribution in [0.25, 0.3) is 27.8 Å². The Balaban J connectivity index is 2.23. The molecule has 0 spiro atoms. The summed E-state index contributed by atoms with van der Waals surface area (Å²) in [6, 6.07) is 11.2. The molecule has 0 saturated heterocycles. The highest BCUT2D eigenvalue weighted by atomic mass is 19.1. The fourth-order valence-corrected chi connectivity index (χ4v) is 3.44. The normalized spacial score (nSPS) is 11.7. The van der Waals surface area contributed by atoms with E-state index in [0.29, 0.717) is 44.9 Å². The second kappa shape index (κ2) is 6.28. The number of benzene rings is 2. The number of phenols is 1. The van der Waals surface area contributed by atoms with Gasteiger partial charge in [-0.25, -0.2) is 4.39 Å². The number of nitrogens with zero attached hydrogens (tertiary/aromatic N) is 3. The van der Waals surface area contributed by atoms with Gasteiger partial charge in [-0.3, -0.25) is 0 Å². The van der Waals surface area contributed by atoms with Gasteiger partial charge in [0.05, 0.1) is 28.7 Å². The van der Waals surface area contributed by atoms with Crippen molar-refractivity contribution >= 4 is 17.1 Å². The van der Waals surface area contributed by atoms with E-state index in [9.17, 15) is 14.7 Å². The van der Waals surface area contributed by atoms with Gasteiger partial charge in [0, 0.05) is 16.6 Å². The Morgan fingerprint density at radius 1 is 1.15 bits per heavy atom. The van der Waals surface area contributed by atoms with Crippen molar-refractivity contribution in [1.29, 1.82) is 0 Å². The maximum Gasteiger partial charge on any atom is 0.147 e. The smallest absolute Gasteiger partial charge is 0.147 e. The molecule has 0 aliphatic rings. The largest absolute Gasteiger partial charge is 0.508 e. The standard InChI is InChI=1S/C20H16FN3O3/c1-11-18(12(2)27-23-11)20-16(10-22-26)15-4-3-5-17(21)19(15)24(20)13-6-8-14(25)9-7-13/h3-10,25-26H,1-2H3/b22-10+. The van der Waals surface area contributed by atoms with Gasteiger partial charge in [0.1, 0.15) is 17.3 Å². The highest BCUT2D eigenvalue weighted by Gasteiger charge is 2.25. The Kier molecular flexibility index (Phi) is 3.92. The van der Waals surface area contributed by atoms with Crippen molar-refractivity contribution in [1.82, 2.24) is 9.72 Å². The number of oxime groups is 1. The van der Waals surface area contributed by atoms with E-state index < -0.39 is 5.82 Å². The van der Waals surface area contributed by atoms with Crippen LogP contribution in [0.15, 0.2) is 52.1 Å². The number of rotatable bonds is 3. The molecule has 4 rings (SSSR count). The molecule has 2 aromatic heterocycles. The Bertz CT molecular complexity index is 1150. The van der Waals surface area contributed by atoms with Crippen LogP contribution in [0.1, 0.15) is 17.0 Å². The second-order valence-corrected chi connectivity index (χ2v) is 6.19. The number of hydrogen-bond donors (Lipinski definition) is 2. The lowest BCUT2D eigenvalue weighted by atomic mass is 10.0. The van der Waals surface area contributed by atoms with Crippen LogP contribution in [0.4, 0.5) is 4.39 Å². The third-order valence-corrected chi connectivity index (χ3v) is 4.54. The van der Waals surface area contributed by atoms with Crippen molar-refractivity contribution in [2.45, 2.75) is 13.8 Å². The van der Waals surface area contributed by atoms with Crippen LogP contribution < -0.4 is 0 Å². The summed E-state index contributed by atoms with van der Waals surface area (Å²) in [7, 11) is 0. The van der Waals surface area contributed by atoms with Crippen LogP contribution in [-0.2, 0) is 0 Å². The van der Waals surface area contributed by atoms with Gasteiger partial charge in [-0.05, 0) is 44.2 Å². The van der Waals surface area contributed by atoms with Crippen LogP contribution in [0.2, 0.25) is 0 Å². The predicted molar refractivity (Wildman–Crippen MR) is 99.2 cm³/mol. The topological polar surface area (TPSA) is 83.8 Å². The van der Waals surface area contributed by atoms with Crippen LogP contribution >= 0.6 is 0 Å². The molecule has 0 radical (unpaired) electrons. The summed E-state index contributed by atoms with van der Waals surface area (Å²) in [5.74, 6) is 0.237. The Morgan fingerprint density at radius 2 is 1.89 bits per heavy atom. The van der Waals surface area contributed by atoms with Gasteiger partial charge in [-0.1, -0.05) is 22.4 Å². The van der Waals surface area contributed by atoms with Gasteiger partial charge >= 0.3 is 0 Å². The molecule has 0 amide bonds. The Labute approximate surface area is 153 Å². The second-order valence-electron chi connectivity index (χ2n) is 6.19. The first-order chi connectivity index (χ1) is 13.0. The molecule has 0 saturated carbocycles. The number of para-hydroxylation sites is 1. The predicted octanol–water partition coefficient (Wildman–Crippen LogP) is 4.56. The van der Waals surface area contributed by atoms with Gasteiger partial charge in [0.2, 0.25) is 0 Å². The van der Waals surface area contributed by atoms with E-state index in [1.807, 2.05) is 0 Å². The summed E-state index contributed by atoms with van der Waals surface area (Å²) in [5, 5.41) is 26.6. The summed E-state index contributed by atoms with van der Waals surface area (Å²) >= 11 is 0. The third kappa shape index (κ3) is 2.55. The fraction of sp³-hybridized carbons (Fsp3) is 0.100. The van der Waals surface area contributed by atoms with Crippen molar-refractivity contribution in [2.75, 3.05) is 0 Å². The quantitative estimate of drug-likeness (QED) is 0.317. The fourth-order valence-electron chi connectivity index (χ4n) is 3.44. The van der Waals surface area contributed by atoms with E-state index in [-0.39, 0.29) is 5.75 Å². The van der Waals surface area contributed by atoms with Crippen LogP contribution in [0, 0.1) is 19.7 Å². The van der Waals surface area contributed by atoms with Crippen molar-refractivity contribution < 1.29 is 19.2 Å². The molecule has 7 heteroatoms. The van der Waals surface area contributed by atoms with E-state index in [4.69, 9.17) is 4.52 Å². The molecule has 0 unspecified atom stereocenters. The molecule has 0 fully saturated rings. The van der Waals surface area contributed by atoms with E-state index in [0.717, 1.165) is 0 Å². The number of fused-ring (bicyclic) bond motifs is 1. The first-order valence-corrected chi connectivity index (χ1v) is 8.26. The van der Waals surface area contributed by atoms with Crippen molar-refractivity contribution in [3.63, 3.8) is 0 Å². The lowest BCUT2D eigenvalue weighted by Gasteiger charge is -2.12. The minimum atomic E-state index is -0.425. The lowest BCUT2D eigenvalue weighted by molar-refractivity contribution is 0.322. The molecule has 0 aliphatic heterocycles. The Morgan fingerprint density at radius 3 is 2.52 bits per heavy atom. The van der Waals surface area contributed by atoms with E-state index in [2.05, 4.69) is 10.3 Å². The number of hydrogen-bond acceptors (Lipinski definition) is 5. The van der Waals surface area contributed by atoms with Crippen molar-refractivity contribution in [3.8, 4) is 22.7 Å². The van der Waals surface area contributed by atoms with Gasteiger partial charge in [-0.15, -0.1) is 0 Å². The van der Waals surface area contributed by atoms with E-state index in [1.165, 1.54) is 24.4 Å². The first-order valence-electron chi connectivity index (χ1n) is 8.26. The molecule has 4 aromatic rings. The van der Waals surface area contributed by atoms with Gasteiger partial charge in [-0.2, -0.15) is 0 Å². The zero-order chi connectivity index (χ0) is 19.1. The number of aromatic nitrogens is 2. The summed E-state index contributed by atoms with van der Waals surface area (Å²) in [4.78, 5) is 0. The zero-order valence-electron chi connectivity index (χ0n) is 14.6. The van der Waals surface area contributed by atoms with Gasteiger partial charge in [0.15, 0.2) is 0 Å². The van der Waals surface area contributed by atoms with E-state index >= 15 is 0 Å². The van der Waals surface area contributed by atoms with Gasteiger partial charge in [0.25, 0.3) is 0 Å². The number of aryl methyl sites for hydroxylation is 2. The van der Waals surface area contributed by atoms with Crippen molar-refractivity contribution in [2.24, 2.45) is 5.16 Å².